The van der Waals surface area contributed by atoms with E-state index in [0.29, 0.717) is 0 Å². The summed E-state index contributed by atoms with van der Waals surface area (Å²) in [5, 5.41) is 6.80. The Bertz CT molecular complexity index is 868. The second-order valence-corrected chi connectivity index (χ2v) is 5.47. The summed E-state index contributed by atoms with van der Waals surface area (Å²) < 4.78 is 65.5. The maximum absolute atomic E-state index is 13.2. The van der Waals surface area contributed by atoms with Gasteiger partial charge in [0.05, 0.1) is 12.1 Å². The van der Waals surface area contributed by atoms with E-state index in [-0.39, 0.29) is 17.1 Å². The van der Waals surface area contributed by atoms with Crippen LogP contribution in [0, 0.1) is 11.6 Å². The van der Waals surface area contributed by atoms with Crippen LogP contribution in [0.3, 0.4) is 0 Å². The van der Waals surface area contributed by atoms with E-state index in [9.17, 15) is 31.5 Å². The molecule has 0 spiro atoms. The predicted octanol–water partition coefficient (Wildman–Crippen LogP) is 3.99. The summed E-state index contributed by atoms with van der Waals surface area (Å²) in [5.41, 5.74) is -1.55. The van der Waals surface area contributed by atoms with Gasteiger partial charge in [-0.1, -0.05) is 0 Å². The summed E-state index contributed by atoms with van der Waals surface area (Å²) in [6.45, 7) is 0.601. The Balaban J connectivity index is 2.10. The van der Waals surface area contributed by atoms with Gasteiger partial charge in [-0.15, -0.1) is 0 Å². The molecule has 27 heavy (non-hydrogen) atoms. The van der Waals surface area contributed by atoms with Gasteiger partial charge in [-0.05, 0) is 30.3 Å². The molecule has 0 aliphatic rings. The molecule has 2 rings (SSSR count). The van der Waals surface area contributed by atoms with Crippen LogP contribution in [0.25, 0.3) is 0 Å². The minimum Gasteiger partial charge on any atom is -0.376 e. The number of halogens is 5. The zero-order valence-electron chi connectivity index (χ0n) is 13.9. The van der Waals surface area contributed by atoms with Gasteiger partial charge in [-0.2, -0.15) is 13.2 Å². The van der Waals surface area contributed by atoms with Crippen LogP contribution in [0.1, 0.15) is 12.5 Å². The minimum absolute atomic E-state index is 0.0437. The van der Waals surface area contributed by atoms with Crippen molar-refractivity contribution in [3.63, 3.8) is 0 Å². The standard InChI is InChI=1S/C17H14F5N3O2/c1-9(26)24-10-3-5-15(12(6-10)17(20,21)22)23-8-16(27)25-11-2-4-13(18)14(19)7-11/h2-7,23H,8H2,1H3,(H,24,26)(H,25,27). The lowest BCUT2D eigenvalue weighted by Crippen LogP contribution is -2.23. The van der Waals surface area contributed by atoms with Crippen molar-refractivity contribution in [2.45, 2.75) is 13.1 Å². The number of carbonyl (C=O) groups excluding carboxylic acids is 2. The third-order valence-corrected chi connectivity index (χ3v) is 3.29. The Kier molecular flexibility index (Phi) is 5.98. The third kappa shape index (κ3) is 5.66. The molecule has 2 amide bonds. The normalized spacial score (nSPS) is 11.0. The molecule has 0 atom stereocenters. The van der Waals surface area contributed by atoms with Gasteiger partial charge < -0.3 is 16.0 Å². The molecule has 0 bridgehead atoms. The third-order valence-electron chi connectivity index (χ3n) is 3.29. The molecule has 0 aliphatic carbocycles. The Morgan fingerprint density at radius 1 is 0.926 bits per heavy atom. The lowest BCUT2D eigenvalue weighted by molar-refractivity contribution is -0.137. The number of carbonyl (C=O) groups is 2. The highest BCUT2D eigenvalue weighted by molar-refractivity contribution is 5.94. The number of anilines is 3. The maximum Gasteiger partial charge on any atom is 0.418 e. The molecule has 0 radical (unpaired) electrons. The van der Waals surface area contributed by atoms with Gasteiger partial charge in [-0.25, -0.2) is 8.78 Å². The fraction of sp³-hybridized carbons (Fsp3) is 0.176. The van der Waals surface area contributed by atoms with Crippen molar-refractivity contribution in [3.05, 3.63) is 53.6 Å². The average molecular weight is 387 g/mol. The van der Waals surface area contributed by atoms with E-state index in [1.807, 2.05) is 0 Å². The zero-order valence-corrected chi connectivity index (χ0v) is 13.9. The lowest BCUT2D eigenvalue weighted by atomic mass is 10.1. The smallest absolute Gasteiger partial charge is 0.376 e. The molecule has 5 nitrogen and oxygen atoms in total. The summed E-state index contributed by atoms with van der Waals surface area (Å²) in [6.07, 6.45) is -4.73. The molecule has 3 N–H and O–H groups in total. The first-order valence-electron chi connectivity index (χ1n) is 7.54. The number of amides is 2. The van der Waals surface area contributed by atoms with E-state index in [4.69, 9.17) is 0 Å². The number of nitrogens with one attached hydrogen (secondary N) is 3. The predicted molar refractivity (Wildman–Crippen MR) is 89.2 cm³/mol. The van der Waals surface area contributed by atoms with Gasteiger partial charge in [-0.3, -0.25) is 9.59 Å². The molecular weight excluding hydrogens is 373 g/mol. The number of hydrogen-bond donors (Lipinski definition) is 3. The maximum atomic E-state index is 13.2. The second kappa shape index (κ2) is 8.02. The van der Waals surface area contributed by atoms with Crippen LogP contribution in [0.4, 0.5) is 39.0 Å². The first-order valence-corrected chi connectivity index (χ1v) is 7.54. The summed E-state index contributed by atoms with van der Waals surface area (Å²) in [5.74, 6) is -3.57. The number of alkyl halides is 3. The van der Waals surface area contributed by atoms with Gasteiger partial charge >= 0.3 is 6.18 Å². The largest absolute Gasteiger partial charge is 0.418 e. The van der Waals surface area contributed by atoms with Crippen LogP contribution >= 0.6 is 0 Å². The van der Waals surface area contributed by atoms with Crippen molar-refractivity contribution in [1.29, 1.82) is 0 Å². The van der Waals surface area contributed by atoms with E-state index in [0.717, 1.165) is 37.3 Å². The number of hydrogen-bond acceptors (Lipinski definition) is 3. The van der Waals surface area contributed by atoms with E-state index in [1.165, 1.54) is 6.07 Å². The van der Waals surface area contributed by atoms with Crippen molar-refractivity contribution in [2.24, 2.45) is 0 Å². The van der Waals surface area contributed by atoms with Crippen LogP contribution in [0.5, 0.6) is 0 Å². The van der Waals surface area contributed by atoms with Crippen molar-refractivity contribution >= 4 is 28.9 Å². The van der Waals surface area contributed by atoms with E-state index < -0.39 is 41.7 Å². The van der Waals surface area contributed by atoms with E-state index in [2.05, 4.69) is 16.0 Å². The molecule has 0 fully saturated rings. The average Bonchev–Trinajstić information content (AvgIpc) is 2.55. The Morgan fingerprint density at radius 3 is 2.15 bits per heavy atom. The fourth-order valence-corrected chi connectivity index (χ4v) is 2.17. The molecule has 0 unspecified atom stereocenters. The molecule has 10 heteroatoms. The summed E-state index contributed by atoms with van der Waals surface area (Å²) in [6, 6.07) is 5.71. The molecule has 0 aromatic heterocycles. The van der Waals surface area contributed by atoms with Crippen molar-refractivity contribution in [1.82, 2.24) is 0 Å². The highest BCUT2D eigenvalue weighted by Gasteiger charge is 2.34. The molecular formula is C17H14F5N3O2. The van der Waals surface area contributed by atoms with Gasteiger partial charge in [0, 0.05) is 30.1 Å². The number of rotatable bonds is 5. The van der Waals surface area contributed by atoms with Crippen molar-refractivity contribution < 1.29 is 31.5 Å². The first-order chi connectivity index (χ1) is 12.6. The van der Waals surface area contributed by atoms with Crippen molar-refractivity contribution in [2.75, 3.05) is 22.5 Å². The molecule has 144 valence electrons. The molecule has 0 saturated carbocycles. The number of benzene rings is 2. The quantitative estimate of drug-likeness (QED) is 0.680. The summed E-state index contributed by atoms with van der Waals surface area (Å²) in [7, 11) is 0. The first kappa shape index (κ1) is 20.1. The highest BCUT2D eigenvalue weighted by Crippen LogP contribution is 2.36. The van der Waals surface area contributed by atoms with E-state index >= 15 is 0 Å². The van der Waals surface area contributed by atoms with Crippen LogP contribution in [-0.2, 0) is 15.8 Å². The monoisotopic (exact) mass is 387 g/mol. The zero-order chi connectivity index (χ0) is 20.2. The molecule has 0 saturated heterocycles. The molecule has 0 aliphatic heterocycles. The summed E-state index contributed by atoms with van der Waals surface area (Å²) in [4.78, 5) is 22.8. The van der Waals surface area contributed by atoms with Gasteiger partial charge in [0.2, 0.25) is 11.8 Å². The fourth-order valence-electron chi connectivity index (χ4n) is 2.17. The topological polar surface area (TPSA) is 70.2 Å². The summed E-state index contributed by atoms with van der Waals surface area (Å²) >= 11 is 0. The Morgan fingerprint density at radius 2 is 1.56 bits per heavy atom. The highest BCUT2D eigenvalue weighted by atomic mass is 19.4. The Labute approximate surface area is 150 Å². The lowest BCUT2D eigenvalue weighted by Gasteiger charge is -2.16. The van der Waals surface area contributed by atoms with Gasteiger partial charge in [0.15, 0.2) is 11.6 Å². The van der Waals surface area contributed by atoms with Crippen LogP contribution < -0.4 is 16.0 Å². The van der Waals surface area contributed by atoms with Gasteiger partial charge in [0.25, 0.3) is 0 Å². The SMILES string of the molecule is CC(=O)Nc1ccc(NCC(=O)Nc2ccc(F)c(F)c2)c(C(F)(F)F)c1. The molecule has 2 aromatic rings. The molecule has 0 heterocycles. The Hall–Kier alpha value is -3.17. The van der Waals surface area contributed by atoms with Crippen LogP contribution in [0.15, 0.2) is 36.4 Å². The van der Waals surface area contributed by atoms with Crippen LogP contribution in [-0.4, -0.2) is 18.4 Å². The van der Waals surface area contributed by atoms with Crippen molar-refractivity contribution in [3.8, 4) is 0 Å². The minimum atomic E-state index is -4.73. The molecule has 2 aromatic carbocycles. The second-order valence-electron chi connectivity index (χ2n) is 5.47. The van der Waals surface area contributed by atoms with E-state index in [1.54, 1.807) is 0 Å². The van der Waals surface area contributed by atoms with Gasteiger partial charge in [0.1, 0.15) is 0 Å². The van der Waals surface area contributed by atoms with Crippen LogP contribution in [0.2, 0.25) is 0 Å².